The maximum Gasteiger partial charge on any atom is 0.249 e. The molecule has 0 aliphatic rings. The fraction of sp³-hybridized carbons (Fsp3) is 0.857. The third kappa shape index (κ3) is 38.8. The standard InChI is InChI=1S/C49H93NO4/c1-3-5-7-9-11-13-15-17-19-21-23-25-27-29-31-33-35-37-39-41-43-47(52)46(45-51)50-49(54)48(53)44-42-40-38-36-34-32-30-28-26-24-22-20-18-16-14-12-10-8-6-4-2/h26,28,33,35,41,43,46-48,51-53H,3-25,27,29-32,34,36-40,42,44-45H2,1-2H3,(H,50,54)/b28-26-,35-33+,43-41+. The maximum absolute atomic E-state index is 12.5. The van der Waals surface area contributed by atoms with Gasteiger partial charge < -0.3 is 20.6 Å². The van der Waals surface area contributed by atoms with E-state index in [4.69, 9.17) is 0 Å². The van der Waals surface area contributed by atoms with Crippen LogP contribution in [0.25, 0.3) is 0 Å². The minimum atomic E-state index is -1.11. The number of allylic oxidation sites excluding steroid dienone is 5. The molecule has 1 amide bonds. The summed E-state index contributed by atoms with van der Waals surface area (Å²) >= 11 is 0. The normalized spacial score (nSPS) is 13.8. The lowest BCUT2D eigenvalue weighted by Gasteiger charge is -2.21. The van der Waals surface area contributed by atoms with Crippen molar-refractivity contribution in [3.63, 3.8) is 0 Å². The van der Waals surface area contributed by atoms with Crippen LogP contribution in [0.2, 0.25) is 0 Å². The molecular formula is C49H93NO4. The van der Waals surface area contributed by atoms with Crippen LogP contribution in [0.5, 0.6) is 0 Å². The van der Waals surface area contributed by atoms with Gasteiger partial charge in [0.2, 0.25) is 5.91 Å². The van der Waals surface area contributed by atoms with Crippen molar-refractivity contribution in [2.75, 3.05) is 6.61 Å². The quantitative estimate of drug-likeness (QED) is 0.0368. The van der Waals surface area contributed by atoms with E-state index in [-0.39, 0.29) is 6.61 Å². The fourth-order valence-corrected chi connectivity index (χ4v) is 7.20. The first kappa shape index (κ1) is 52.6. The number of unbranched alkanes of at least 4 members (excludes halogenated alkanes) is 31. The van der Waals surface area contributed by atoms with Crippen LogP contribution in [0.4, 0.5) is 0 Å². The molecule has 0 bridgehead atoms. The second kappa shape index (κ2) is 44.3. The zero-order valence-electron chi connectivity index (χ0n) is 36.1. The van der Waals surface area contributed by atoms with Gasteiger partial charge >= 0.3 is 0 Å². The third-order valence-electron chi connectivity index (χ3n) is 11.0. The zero-order valence-corrected chi connectivity index (χ0v) is 36.1. The topological polar surface area (TPSA) is 89.8 Å². The smallest absolute Gasteiger partial charge is 0.249 e. The number of carbonyl (C=O) groups excluding carboxylic acids is 1. The van der Waals surface area contributed by atoms with E-state index in [2.05, 4.69) is 43.5 Å². The van der Waals surface area contributed by atoms with Gasteiger partial charge in [0.15, 0.2) is 0 Å². The lowest BCUT2D eigenvalue weighted by molar-refractivity contribution is -0.131. The average Bonchev–Trinajstić information content (AvgIpc) is 3.18. The Morgan fingerprint density at radius 1 is 0.444 bits per heavy atom. The average molecular weight is 760 g/mol. The lowest BCUT2D eigenvalue weighted by atomic mass is 10.0. The van der Waals surface area contributed by atoms with Crippen molar-refractivity contribution in [1.82, 2.24) is 5.32 Å². The van der Waals surface area contributed by atoms with Gasteiger partial charge in [-0.3, -0.25) is 4.79 Å². The second-order valence-electron chi connectivity index (χ2n) is 16.3. The Labute approximate surface area is 336 Å². The number of aliphatic hydroxyl groups is 3. The monoisotopic (exact) mass is 760 g/mol. The van der Waals surface area contributed by atoms with Gasteiger partial charge in [0, 0.05) is 0 Å². The Kier molecular flexibility index (Phi) is 43.1. The highest BCUT2D eigenvalue weighted by atomic mass is 16.3. The molecule has 54 heavy (non-hydrogen) atoms. The van der Waals surface area contributed by atoms with E-state index in [1.165, 1.54) is 186 Å². The van der Waals surface area contributed by atoms with E-state index in [1.54, 1.807) is 6.08 Å². The highest BCUT2D eigenvalue weighted by Gasteiger charge is 2.22. The van der Waals surface area contributed by atoms with Crippen LogP contribution >= 0.6 is 0 Å². The SMILES string of the molecule is CCCCCCCCCCCC/C=C\CCCCCCCCC(O)C(=O)NC(CO)C(O)/C=C/CC/C=C/CCCCCCCCCCCCCCCC. The van der Waals surface area contributed by atoms with Crippen molar-refractivity contribution < 1.29 is 20.1 Å². The summed E-state index contributed by atoms with van der Waals surface area (Å²) in [7, 11) is 0. The van der Waals surface area contributed by atoms with Crippen LogP contribution in [-0.2, 0) is 4.79 Å². The molecular weight excluding hydrogens is 667 g/mol. The number of nitrogens with one attached hydrogen (secondary N) is 1. The molecule has 0 aromatic heterocycles. The van der Waals surface area contributed by atoms with E-state index in [9.17, 15) is 20.1 Å². The Morgan fingerprint density at radius 3 is 1.13 bits per heavy atom. The van der Waals surface area contributed by atoms with Crippen LogP contribution < -0.4 is 5.32 Å². The van der Waals surface area contributed by atoms with Crippen molar-refractivity contribution in [2.24, 2.45) is 0 Å². The van der Waals surface area contributed by atoms with E-state index >= 15 is 0 Å². The van der Waals surface area contributed by atoms with Crippen molar-refractivity contribution >= 4 is 5.91 Å². The molecule has 3 atom stereocenters. The molecule has 0 fully saturated rings. The van der Waals surface area contributed by atoms with Gasteiger partial charge in [-0.1, -0.05) is 224 Å². The van der Waals surface area contributed by atoms with E-state index in [0.29, 0.717) is 6.42 Å². The number of hydrogen-bond acceptors (Lipinski definition) is 4. The summed E-state index contributed by atoms with van der Waals surface area (Å²) < 4.78 is 0. The first-order chi connectivity index (χ1) is 26.6. The lowest BCUT2D eigenvalue weighted by Crippen LogP contribution is -2.48. The molecule has 5 nitrogen and oxygen atoms in total. The number of rotatable bonds is 43. The number of aliphatic hydroxyl groups excluding tert-OH is 3. The molecule has 0 heterocycles. The minimum absolute atomic E-state index is 0.377. The van der Waals surface area contributed by atoms with Crippen LogP contribution in [0.1, 0.15) is 245 Å². The Bertz CT molecular complexity index is 840. The summed E-state index contributed by atoms with van der Waals surface area (Å²) in [5.41, 5.74) is 0. The Morgan fingerprint density at radius 2 is 0.759 bits per heavy atom. The molecule has 0 aliphatic carbocycles. The third-order valence-corrected chi connectivity index (χ3v) is 11.0. The fourth-order valence-electron chi connectivity index (χ4n) is 7.20. The predicted molar refractivity (Wildman–Crippen MR) is 236 cm³/mol. The first-order valence-corrected chi connectivity index (χ1v) is 23.8. The summed E-state index contributed by atoms with van der Waals surface area (Å²) in [6.45, 7) is 4.18. The summed E-state index contributed by atoms with van der Waals surface area (Å²) in [6, 6.07) is -0.816. The minimum Gasteiger partial charge on any atom is -0.394 e. The molecule has 318 valence electrons. The highest BCUT2D eigenvalue weighted by Crippen LogP contribution is 2.15. The largest absolute Gasteiger partial charge is 0.394 e. The second-order valence-corrected chi connectivity index (χ2v) is 16.3. The summed E-state index contributed by atoms with van der Waals surface area (Å²) in [6.07, 6.45) is 56.2. The summed E-state index contributed by atoms with van der Waals surface area (Å²) in [4.78, 5) is 12.5. The van der Waals surface area contributed by atoms with Crippen LogP contribution in [0.15, 0.2) is 36.5 Å². The molecule has 3 unspecified atom stereocenters. The van der Waals surface area contributed by atoms with E-state index in [1.807, 2.05) is 6.08 Å². The zero-order chi connectivity index (χ0) is 39.4. The summed E-state index contributed by atoms with van der Waals surface area (Å²) in [5.74, 6) is -0.516. The van der Waals surface area contributed by atoms with Crippen molar-refractivity contribution in [3.8, 4) is 0 Å². The van der Waals surface area contributed by atoms with Crippen molar-refractivity contribution in [3.05, 3.63) is 36.5 Å². The molecule has 0 radical (unpaired) electrons. The predicted octanol–water partition coefficient (Wildman–Crippen LogP) is 13.9. The molecule has 0 aromatic rings. The Balaban J connectivity index is 3.69. The summed E-state index contributed by atoms with van der Waals surface area (Å²) in [5, 5.41) is 33.2. The van der Waals surface area contributed by atoms with Gasteiger partial charge in [0.05, 0.1) is 18.8 Å². The number of hydrogen-bond donors (Lipinski definition) is 4. The molecule has 4 N–H and O–H groups in total. The van der Waals surface area contributed by atoms with E-state index in [0.717, 1.165) is 38.5 Å². The van der Waals surface area contributed by atoms with Crippen LogP contribution in [-0.4, -0.2) is 46.1 Å². The maximum atomic E-state index is 12.5. The van der Waals surface area contributed by atoms with Gasteiger partial charge in [-0.25, -0.2) is 0 Å². The molecule has 5 heteroatoms. The van der Waals surface area contributed by atoms with Gasteiger partial charge in [-0.2, -0.15) is 0 Å². The van der Waals surface area contributed by atoms with Gasteiger partial charge in [-0.05, 0) is 57.8 Å². The molecule has 0 aliphatic heterocycles. The molecule has 0 spiro atoms. The molecule has 0 aromatic carbocycles. The van der Waals surface area contributed by atoms with Crippen molar-refractivity contribution in [1.29, 1.82) is 0 Å². The first-order valence-electron chi connectivity index (χ1n) is 23.8. The van der Waals surface area contributed by atoms with Crippen LogP contribution in [0, 0.1) is 0 Å². The Hall–Kier alpha value is -1.43. The number of carbonyl (C=O) groups is 1. The highest BCUT2D eigenvalue weighted by molar-refractivity contribution is 5.80. The van der Waals surface area contributed by atoms with Crippen LogP contribution in [0.3, 0.4) is 0 Å². The van der Waals surface area contributed by atoms with E-state index < -0.39 is 24.2 Å². The molecule has 0 saturated carbocycles. The molecule has 0 rings (SSSR count). The van der Waals surface area contributed by atoms with Gasteiger partial charge in [0.1, 0.15) is 6.10 Å². The number of amides is 1. The van der Waals surface area contributed by atoms with Gasteiger partial charge in [-0.15, -0.1) is 0 Å². The van der Waals surface area contributed by atoms with Crippen molar-refractivity contribution in [2.45, 2.75) is 263 Å². The van der Waals surface area contributed by atoms with Gasteiger partial charge in [0.25, 0.3) is 0 Å². The molecule has 0 saturated heterocycles.